The first kappa shape index (κ1) is 21.6. The van der Waals surface area contributed by atoms with Gasteiger partial charge in [-0.15, -0.1) is 22.7 Å². The number of ether oxygens (including phenoxy) is 1. The smallest absolute Gasteiger partial charge is 0.341 e. The summed E-state index contributed by atoms with van der Waals surface area (Å²) in [5.74, 6) is -0.310. The van der Waals surface area contributed by atoms with Gasteiger partial charge >= 0.3 is 5.97 Å². The zero-order valence-electron chi connectivity index (χ0n) is 16.9. The summed E-state index contributed by atoms with van der Waals surface area (Å²) in [6.07, 6.45) is 5.68. The van der Waals surface area contributed by atoms with Crippen molar-refractivity contribution in [3.05, 3.63) is 61.9 Å². The number of carbonyl (C=O) groups excluding carboxylic acids is 1. The molecule has 0 bridgehead atoms. The van der Waals surface area contributed by atoms with E-state index in [-0.39, 0.29) is 5.97 Å². The summed E-state index contributed by atoms with van der Waals surface area (Å²) in [6, 6.07) is 9.64. The lowest BCUT2D eigenvalue weighted by molar-refractivity contribution is 0.0526. The number of hydrogen-bond acceptors (Lipinski definition) is 7. The minimum absolute atomic E-state index is 0.310. The van der Waals surface area contributed by atoms with Gasteiger partial charge in [-0.25, -0.2) is 9.78 Å². The topological polar surface area (TPSA) is 75.0 Å². The van der Waals surface area contributed by atoms with E-state index in [0.29, 0.717) is 27.8 Å². The minimum Gasteiger partial charge on any atom is -0.462 e. The Kier molecular flexibility index (Phi) is 6.71. The maximum Gasteiger partial charge on any atom is 0.341 e. The number of anilines is 1. The van der Waals surface area contributed by atoms with Crippen LogP contribution in [0.4, 0.5) is 5.00 Å². The molecule has 0 radical (unpaired) electrons. The van der Waals surface area contributed by atoms with Gasteiger partial charge in [-0.1, -0.05) is 23.7 Å². The van der Waals surface area contributed by atoms with E-state index in [0.717, 1.165) is 47.5 Å². The monoisotopic (exact) mass is 469 g/mol. The third-order valence-corrected chi connectivity index (χ3v) is 7.34. The number of nitriles is 1. The Labute approximate surface area is 194 Å². The van der Waals surface area contributed by atoms with Gasteiger partial charge < -0.3 is 10.1 Å². The molecule has 2 heterocycles. The number of carbonyl (C=O) groups is 1. The maximum absolute atomic E-state index is 12.6. The normalized spacial score (nSPS) is 13.4. The number of rotatable bonds is 6. The molecular formula is C23H20ClN3O2S2. The van der Waals surface area contributed by atoms with Crippen molar-refractivity contribution < 1.29 is 9.53 Å². The van der Waals surface area contributed by atoms with Gasteiger partial charge in [-0.2, -0.15) is 5.26 Å². The summed E-state index contributed by atoms with van der Waals surface area (Å²) < 4.78 is 5.29. The van der Waals surface area contributed by atoms with Crippen molar-refractivity contribution in [2.24, 2.45) is 0 Å². The first-order valence-electron chi connectivity index (χ1n) is 10.0. The van der Waals surface area contributed by atoms with Crippen molar-refractivity contribution in [1.29, 1.82) is 5.26 Å². The van der Waals surface area contributed by atoms with Crippen LogP contribution in [0, 0.1) is 11.3 Å². The molecule has 1 aromatic carbocycles. The number of aromatic nitrogens is 1. The summed E-state index contributed by atoms with van der Waals surface area (Å²) in [5, 5.41) is 16.8. The zero-order chi connectivity index (χ0) is 21.8. The summed E-state index contributed by atoms with van der Waals surface area (Å²) in [4.78, 5) is 18.4. The van der Waals surface area contributed by atoms with Gasteiger partial charge in [0, 0.05) is 27.0 Å². The van der Waals surface area contributed by atoms with Crippen LogP contribution in [-0.4, -0.2) is 17.6 Å². The van der Waals surface area contributed by atoms with Crippen LogP contribution in [0.25, 0.3) is 16.8 Å². The molecule has 4 rings (SSSR count). The highest BCUT2D eigenvalue weighted by molar-refractivity contribution is 7.16. The van der Waals surface area contributed by atoms with Crippen LogP contribution >= 0.6 is 34.3 Å². The number of fused-ring (bicyclic) bond motifs is 1. The summed E-state index contributed by atoms with van der Waals surface area (Å²) in [6.45, 7) is 2.13. The van der Waals surface area contributed by atoms with Gasteiger partial charge in [-0.3, -0.25) is 0 Å². The van der Waals surface area contributed by atoms with E-state index in [2.05, 4.69) is 16.4 Å². The number of nitrogens with zero attached hydrogens (tertiary/aromatic N) is 2. The van der Waals surface area contributed by atoms with E-state index >= 15 is 0 Å². The predicted octanol–water partition coefficient (Wildman–Crippen LogP) is 6.56. The van der Waals surface area contributed by atoms with Crippen molar-refractivity contribution in [2.75, 3.05) is 11.9 Å². The molecule has 158 valence electrons. The summed E-state index contributed by atoms with van der Waals surface area (Å²) >= 11 is 8.93. The van der Waals surface area contributed by atoms with Crippen molar-refractivity contribution in [2.45, 2.75) is 32.6 Å². The number of thiophene rings is 1. The average Bonchev–Trinajstić information content (AvgIpc) is 3.40. The van der Waals surface area contributed by atoms with Crippen molar-refractivity contribution >= 4 is 50.8 Å². The molecule has 0 fully saturated rings. The summed E-state index contributed by atoms with van der Waals surface area (Å²) in [7, 11) is 0. The van der Waals surface area contributed by atoms with Gasteiger partial charge in [-0.05, 0) is 50.3 Å². The molecule has 0 atom stereocenters. The molecule has 2 aromatic heterocycles. The average molecular weight is 470 g/mol. The van der Waals surface area contributed by atoms with Crippen LogP contribution in [0.15, 0.2) is 35.8 Å². The van der Waals surface area contributed by atoms with E-state index in [4.69, 9.17) is 16.3 Å². The Morgan fingerprint density at radius 2 is 2.10 bits per heavy atom. The van der Waals surface area contributed by atoms with Gasteiger partial charge in [0.1, 0.15) is 21.7 Å². The molecule has 1 N–H and O–H groups in total. The van der Waals surface area contributed by atoms with Crippen molar-refractivity contribution in [3.63, 3.8) is 0 Å². The molecule has 1 aliphatic carbocycles. The van der Waals surface area contributed by atoms with Crippen molar-refractivity contribution in [1.82, 2.24) is 4.98 Å². The van der Waals surface area contributed by atoms with Crippen LogP contribution in [-0.2, 0) is 17.6 Å². The Bertz CT molecular complexity index is 1170. The van der Waals surface area contributed by atoms with Gasteiger partial charge in [0.05, 0.1) is 17.9 Å². The fourth-order valence-corrected chi connectivity index (χ4v) is 5.68. The number of esters is 1. The standard InChI is InChI=1S/C23H20ClN3O2S2/c1-2-29-23(28)20-17-5-3-4-6-19(17)31-22(20)26-12-15(11-25)21-27-18(13-30-21)14-7-9-16(24)10-8-14/h7-10,12-13,26H,2-6H2,1H3/b15-12+. The quantitative estimate of drug-likeness (QED) is 0.327. The highest BCUT2D eigenvalue weighted by Crippen LogP contribution is 2.39. The molecular weight excluding hydrogens is 450 g/mol. The Hall–Kier alpha value is -2.66. The highest BCUT2D eigenvalue weighted by atomic mass is 35.5. The number of aryl methyl sites for hydroxylation is 1. The molecule has 0 saturated carbocycles. The molecule has 0 amide bonds. The van der Waals surface area contributed by atoms with E-state index in [1.54, 1.807) is 24.5 Å². The molecule has 0 unspecified atom stereocenters. The first-order chi connectivity index (χ1) is 15.1. The van der Waals surface area contributed by atoms with Crippen LogP contribution < -0.4 is 5.32 Å². The fourth-order valence-electron chi connectivity index (χ4n) is 3.52. The van der Waals surface area contributed by atoms with E-state index < -0.39 is 0 Å². The molecule has 8 heteroatoms. The lowest BCUT2D eigenvalue weighted by Crippen LogP contribution is -2.10. The molecule has 0 aliphatic heterocycles. The number of nitrogens with one attached hydrogen (secondary N) is 1. The molecule has 3 aromatic rings. The molecule has 5 nitrogen and oxygen atoms in total. The second-order valence-electron chi connectivity index (χ2n) is 6.99. The molecule has 1 aliphatic rings. The van der Waals surface area contributed by atoms with Crippen molar-refractivity contribution in [3.8, 4) is 17.3 Å². The van der Waals surface area contributed by atoms with Gasteiger partial charge in [0.25, 0.3) is 0 Å². The van der Waals surface area contributed by atoms with Crippen LogP contribution in [0.3, 0.4) is 0 Å². The number of hydrogen-bond donors (Lipinski definition) is 1. The molecule has 0 spiro atoms. The first-order valence-corrected chi connectivity index (χ1v) is 12.1. The second kappa shape index (κ2) is 9.65. The lowest BCUT2D eigenvalue weighted by atomic mass is 9.95. The number of benzene rings is 1. The van der Waals surface area contributed by atoms with Crippen LogP contribution in [0.5, 0.6) is 0 Å². The maximum atomic E-state index is 12.6. The van der Waals surface area contributed by atoms with E-state index in [9.17, 15) is 10.1 Å². The highest BCUT2D eigenvalue weighted by Gasteiger charge is 2.26. The second-order valence-corrected chi connectivity index (χ2v) is 9.39. The van der Waals surface area contributed by atoms with Crippen LogP contribution in [0.1, 0.15) is 45.6 Å². The van der Waals surface area contributed by atoms with Crippen LogP contribution in [0.2, 0.25) is 5.02 Å². The van der Waals surface area contributed by atoms with Gasteiger partial charge in [0.2, 0.25) is 0 Å². The fraction of sp³-hybridized carbons (Fsp3) is 0.261. The molecule has 0 saturated heterocycles. The van der Waals surface area contributed by atoms with Gasteiger partial charge in [0.15, 0.2) is 0 Å². The predicted molar refractivity (Wildman–Crippen MR) is 127 cm³/mol. The van der Waals surface area contributed by atoms with E-state index in [1.807, 2.05) is 29.6 Å². The summed E-state index contributed by atoms with van der Waals surface area (Å²) in [5.41, 5.74) is 3.83. The Balaban J connectivity index is 1.62. The SMILES string of the molecule is CCOC(=O)c1c(N/C=C(\C#N)c2nc(-c3ccc(Cl)cc3)cs2)sc2c1CCCC2. The van der Waals surface area contributed by atoms with E-state index in [1.165, 1.54) is 16.2 Å². The number of halogens is 1. The Morgan fingerprint density at radius 3 is 2.84 bits per heavy atom. The lowest BCUT2D eigenvalue weighted by Gasteiger charge is -2.12. The third kappa shape index (κ3) is 4.67. The largest absolute Gasteiger partial charge is 0.462 e. The number of thiazole rings is 1. The third-order valence-electron chi connectivity index (χ3n) is 4.99. The molecule has 31 heavy (non-hydrogen) atoms. The Morgan fingerprint density at radius 1 is 1.32 bits per heavy atom. The number of allylic oxidation sites excluding steroid dienone is 1. The zero-order valence-corrected chi connectivity index (χ0v) is 19.3. The minimum atomic E-state index is -0.310.